The smallest absolute Gasteiger partial charge is 0.387 e. The third-order valence-electron chi connectivity index (χ3n) is 3.04. The fourth-order valence-corrected chi connectivity index (χ4v) is 2.56. The Labute approximate surface area is 134 Å². The van der Waals surface area contributed by atoms with Crippen molar-refractivity contribution in [1.29, 1.82) is 0 Å². The molecule has 2 aromatic rings. The van der Waals surface area contributed by atoms with Gasteiger partial charge in [0.25, 0.3) is 0 Å². The van der Waals surface area contributed by atoms with Crippen LogP contribution in [0.2, 0.25) is 10.0 Å². The van der Waals surface area contributed by atoms with Crippen LogP contribution in [0.25, 0.3) is 0 Å². The molecule has 0 radical (unpaired) electrons. The van der Waals surface area contributed by atoms with Gasteiger partial charge in [-0.25, -0.2) is 4.79 Å². The molecule has 0 saturated heterocycles. The molecule has 1 aromatic heterocycles. The van der Waals surface area contributed by atoms with Crippen molar-refractivity contribution >= 4 is 35.0 Å². The zero-order valence-corrected chi connectivity index (χ0v) is 12.6. The Morgan fingerprint density at radius 1 is 1.27 bits per heavy atom. The zero-order valence-electron chi connectivity index (χ0n) is 11.0. The number of rotatable bonds is 3. The van der Waals surface area contributed by atoms with Gasteiger partial charge in [-0.3, -0.25) is 9.48 Å². The van der Waals surface area contributed by atoms with Gasteiger partial charge in [-0.1, -0.05) is 23.2 Å². The van der Waals surface area contributed by atoms with Gasteiger partial charge >= 0.3 is 12.3 Å². The Balaban J connectivity index is 2.02. The highest BCUT2D eigenvalue weighted by Crippen LogP contribution is 2.42. The van der Waals surface area contributed by atoms with Gasteiger partial charge in [-0.05, 0) is 12.1 Å². The number of fused-ring (bicyclic) bond motifs is 1. The summed E-state index contributed by atoms with van der Waals surface area (Å²) in [5, 5.41) is 13.0. The minimum Gasteiger partial charge on any atom is -0.476 e. The van der Waals surface area contributed by atoms with Gasteiger partial charge in [-0.2, -0.15) is 5.10 Å². The number of carbonyl (C=O) groups is 2. The molecule has 0 saturated carbocycles. The quantitative estimate of drug-likeness (QED) is 0.859. The average Bonchev–Trinajstić information content (AvgIpc) is 3.02. The molecular formula is C13H8Cl2N2O5. The third-order valence-corrected chi connectivity index (χ3v) is 3.60. The number of carboxylic acid groups (broad SMARTS) is 1. The Morgan fingerprint density at radius 3 is 2.59 bits per heavy atom. The molecule has 7 nitrogen and oxygen atoms in total. The van der Waals surface area contributed by atoms with Crippen LogP contribution in [0.5, 0.6) is 11.5 Å². The second kappa shape index (κ2) is 5.19. The number of halogens is 2. The molecule has 0 bridgehead atoms. The predicted octanol–water partition coefficient (Wildman–Crippen LogP) is 2.14. The number of benzene rings is 1. The van der Waals surface area contributed by atoms with E-state index in [0.29, 0.717) is 0 Å². The van der Waals surface area contributed by atoms with Crippen molar-refractivity contribution in [2.45, 2.75) is 6.29 Å². The fraction of sp³-hybridized carbons (Fsp3) is 0.154. The van der Waals surface area contributed by atoms with Crippen molar-refractivity contribution in [1.82, 2.24) is 9.78 Å². The molecule has 3 rings (SSSR count). The number of carbonyl (C=O) groups excluding carboxylic acids is 1. The summed E-state index contributed by atoms with van der Waals surface area (Å²) < 4.78 is 11.5. The van der Waals surface area contributed by atoms with E-state index in [-0.39, 0.29) is 32.8 Å². The number of nitrogens with zero attached hydrogens (tertiary/aromatic N) is 2. The summed E-state index contributed by atoms with van der Waals surface area (Å²) in [5.41, 5.74) is 0.371. The Bertz CT molecular complexity index is 782. The van der Waals surface area contributed by atoms with Crippen molar-refractivity contribution in [2.24, 2.45) is 7.05 Å². The van der Waals surface area contributed by atoms with E-state index >= 15 is 0 Å². The summed E-state index contributed by atoms with van der Waals surface area (Å²) in [6, 6.07) is 2.72. The van der Waals surface area contributed by atoms with Gasteiger partial charge in [0.15, 0.2) is 11.5 Å². The van der Waals surface area contributed by atoms with Crippen LogP contribution in [0.15, 0.2) is 18.3 Å². The maximum atomic E-state index is 12.5. The number of hydrogen-bond acceptors (Lipinski definition) is 5. The fourth-order valence-electron chi connectivity index (χ4n) is 2.05. The number of ether oxygens (including phenoxy) is 2. The van der Waals surface area contributed by atoms with E-state index < -0.39 is 18.0 Å². The highest BCUT2D eigenvalue weighted by molar-refractivity contribution is 6.35. The monoisotopic (exact) mass is 342 g/mol. The van der Waals surface area contributed by atoms with Crippen LogP contribution in [-0.2, 0) is 11.8 Å². The summed E-state index contributed by atoms with van der Waals surface area (Å²) >= 11 is 12.0. The van der Waals surface area contributed by atoms with Gasteiger partial charge < -0.3 is 14.6 Å². The second-order valence-electron chi connectivity index (χ2n) is 4.49. The molecule has 2 heterocycles. The third kappa shape index (κ3) is 2.28. The van der Waals surface area contributed by atoms with E-state index in [1.165, 1.54) is 23.0 Å². The molecule has 1 N–H and O–H groups in total. The molecule has 1 aliphatic heterocycles. The van der Waals surface area contributed by atoms with E-state index in [9.17, 15) is 9.59 Å². The van der Waals surface area contributed by atoms with E-state index in [0.717, 1.165) is 0 Å². The average molecular weight is 343 g/mol. The number of aromatic nitrogens is 2. The maximum absolute atomic E-state index is 12.5. The van der Waals surface area contributed by atoms with Gasteiger partial charge in [-0.15, -0.1) is 0 Å². The lowest BCUT2D eigenvalue weighted by Crippen LogP contribution is -2.28. The Hall–Kier alpha value is -2.25. The highest BCUT2D eigenvalue weighted by atomic mass is 35.5. The lowest BCUT2D eigenvalue weighted by atomic mass is 10.1. The molecule has 0 aliphatic carbocycles. The van der Waals surface area contributed by atoms with Crippen molar-refractivity contribution in [3.05, 3.63) is 39.6 Å². The van der Waals surface area contributed by atoms with E-state index in [4.69, 9.17) is 37.8 Å². The van der Waals surface area contributed by atoms with Crippen molar-refractivity contribution in [2.75, 3.05) is 0 Å². The SMILES string of the molecule is Cn1ncc(Cl)c1C(=O)c1cc(Cl)c2c(c1)OC(C(=O)O)O2. The van der Waals surface area contributed by atoms with Crippen LogP contribution in [0, 0.1) is 0 Å². The molecule has 1 aliphatic rings. The van der Waals surface area contributed by atoms with E-state index in [1.54, 1.807) is 7.05 Å². The van der Waals surface area contributed by atoms with Crippen LogP contribution < -0.4 is 9.47 Å². The van der Waals surface area contributed by atoms with E-state index in [2.05, 4.69) is 5.10 Å². The van der Waals surface area contributed by atoms with Gasteiger partial charge in [0.2, 0.25) is 5.78 Å². The normalized spacial score (nSPS) is 15.9. The molecule has 0 amide bonds. The van der Waals surface area contributed by atoms with Gasteiger partial charge in [0, 0.05) is 12.6 Å². The maximum Gasteiger partial charge on any atom is 0.387 e. The summed E-state index contributed by atoms with van der Waals surface area (Å²) in [4.78, 5) is 23.4. The van der Waals surface area contributed by atoms with Crippen molar-refractivity contribution < 1.29 is 24.2 Å². The number of aryl methyl sites for hydroxylation is 1. The first kappa shape index (κ1) is 14.7. The first-order valence-corrected chi connectivity index (χ1v) is 6.76. The molecule has 1 aromatic carbocycles. The Morgan fingerprint density at radius 2 is 2.00 bits per heavy atom. The molecule has 1 atom stereocenters. The predicted molar refractivity (Wildman–Crippen MR) is 75.8 cm³/mol. The minimum atomic E-state index is -1.49. The van der Waals surface area contributed by atoms with Crippen LogP contribution in [0.4, 0.5) is 0 Å². The molecular weight excluding hydrogens is 335 g/mol. The van der Waals surface area contributed by atoms with Gasteiger partial charge in [0.05, 0.1) is 16.2 Å². The molecule has 1 unspecified atom stereocenters. The molecule has 22 heavy (non-hydrogen) atoms. The Kier molecular flexibility index (Phi) is 3.46. The lowest BCUT2D eigenvalue weighted by molar-refractivity contribution is -0.154. The topological polar surface area (TPSA) is 90.7 Å². The lowest BCUT2D eigenvalue weighted by Gasteiger charge is -2.05. The van der Waals surface area contributed by atoms with Crippen LogP contribution in [-0.4, -0.2) is 32.9 Å². The summed E-state index contributed by atoms with van der Waals surface area (Å²) in [6.45, 7) is 0. The number of ketones is 1. The van der Waals surface area contributed by atoms with Crippen molar-refractivity contribution in [3.63, 3.8) is 0 Å². The summed E-state index contributed by atoms with van der Waals surface area (Å²) in [7, 11) is 1.58. The molecule has 9 heteroatoms. The van der Waals surface area contributed by atoms with Gasteiger partial charge in [0.1, 0.15) is 5.69 Å². The summed E-state index contributed by atoms with van der Waals surface area (Å²) in [6.07, 6.45) is -0.137. The first-order chi connectivity index (χ1) is 10.4. The minimum absolute atomic E-state index is 0.0721. The van der Waals surface area contributed by atoms with E-state index in [1.807, 2.05) is 0 Å². The largest absolute Gasteiger partial charge is 0.476 e. The molecule has 114 valence electrons. The standard InChI is InChI=1S/C13H8Cl2N2O5/c1-17-9(7(15)4-16-17)10(18)5-2-6(14)11-8(3-5)21-13(22-11)12(19)20/h2-4,13H,1H3,(H,19,20). The van der Waals surface area contributed by atoms with Crippen LogP contribution in [0.3, 0.4) is 0 Å². The molecule has 0 spiro atoms. The second-order valence-corrected chi connectivity index (χ2v) is 5.30. The highest BCUT2D eigenvalue weighted by Gasteiger charge is 2.33. The number of carboxylic acids is 1. The van der Waals surface area contributed by atoms with Crippen molar-refractivity contribution in [3.8, 4) is 11.5 Å². The zero-order chi connectivity index (χ0) is 16.0. The summed E-state index contributed by atoms with van der Waals surface area (Å²) in [5.74, 6) is -1.55. The van der Waals surface area contributed by atoms with Crippen LogP contribution >= 0.6 is 23.2 Å². The van der Waals surface area contributed by atoms with Crippen LogP contribution in [0.1, 0.15) is 16.1 Å². The number of aliphatic carboxylic acids is 1. The first-order valence-electron chi connectivity index (χ1n) is 6.00. The number of hydrogen-bond donors (Lipinski definition) is 1. The molecule has 0 fully saturated rings.